The van der Waals surface area contributed by atoms with E-state index in [2.05, 4.69) is 25.2 Å². The van der Waals surface area contributed by atoms with Crippen molar-refractivity contribution in [1.82, 2.24) is 19.9 Å². The van der Waals surface area contributed by atoms with Crippen molar-refractivity contribution in [3.05, 3.63) is 28.9 Å². The number of carbonyl (C=O) groups excluding carboxylic acids is 1. The summed E-state index contributed by atoms with van der Waals surface area (Å²) in [6.45, 7) is 3.69. The summed E-state index contributed by atoms with van der Waals surface area (Å²) < 4.78 is 19.2. The van der Waals surface area contributed by atoms with Crippen molar-refractivity contribution in [3.8, 4) is 5.88 Å². The fourth-order valence-corrected chi connectivity index (χ4v) is 4.13. The monoisotopic (exact) mass is 379 g/mol. The van der Waals surface area contributed by atoms with E-state index in [1.807, 2.05) is 6.07 Å². The van der Waals surface area contributed by atoms with E-state index >= 15 is 0 Å². The maximum Gasteiger partial charge on any atom is 0.230 e. The number of piperidine rings is 1. The zero-order valence-electron chi connectivity index (χ0n) is 14.9. The van der Waals surface area contributed by atoms with Gasteiger partial charge >= 0.3 is 0 Å². The summed E-state index contributed by atoms with van der Waals surface area (Å²) in [6.07, 6.45) is 4.54. The summed E-state index contributed by atoms with van der Waals surface area (Å²) in [5, 5.41) is 2.85. The third kappa shape index (κ3) is 4.95. The molecule has 1 N–H and O–H groups in total. The van der Waals surface area contributed by atoms with E-state index < -0.39 is 5.95 Å². The Morgan fingerprint density at radius 3 is 3.12 bits per heavy atom. The van der Waals surface area contributed by atoms with E-state index in [4.69, 9.17) is 4.74 Å². The van der Waals surface area contributed by atoms with E-state index in [1.54, 1.807) is 7.11 Å². The first-order valence-electron chi connectivity index (χ1n) is 8.53. The molecule has 140 valence electrons. The average Bonchev–Trinajstić information content (AvgIpc) is 2.93. The smallest absolute Gasteiger partial charge is 0.230 e. The normalized spacial score (nSPS) is 17.9. The van der Waals surface area contributed by atoms with Gasteiger partial charge in [-0.15, -0.1) is 0 Å². The molecular weight excluding hydrogens is 357 g/mol. The molecule has 3 rings (SSSR count). The molecule has 0 bridgehead atoms. The van der Waals surface area contributed by atoms with Gasteiger partial charge in [0.25, 0.3) is 0 Å². The van der Waals surface area contributed by atoms with Gasteiger partial charge in [-0.25, -0.2) is 9.97 Å². The predicted molar refractivity (Wildman–Crippen MR) is 96.7 cm³/mol. The van der Waals surface area contributed by atoms with Crippen molar-refractivity contribution < 1.29 is 13.9 Å². The average molecular weight is 379 g/mol. The van der Waals surface area contributed by atoms with E-state index in [-0.39, 0.29) is 5.91 Å². The fraction of sp³-hybridized carbons (Fsp3) is 0.529. The molecule has 7 nitrogen and oxygen atoms in total. The topological polar surface area (TPSA) is 80.2 Å². The lowest BCUT2D eigenvalue weighted by molar-refractivity contribution is -0.114. The van der Waals surface area contributed by atoms with E-state index in [0.29, 0.717) is 28.4 Å². The highest BCUT2D eigenvalue weighted by Gasteiger charge is 2.23. The predicted octanol–water partition coefficient (Wildman–Crippen LogP) is 2.49. The van der Waals surface area contributed by atoms with Crippen LogP contribution < -0.4 is 10.1 Å². The van der Waals surface area contributed by atoms with Gasteiger partial charge in [-0.3, -0.25) is 9.69 Å². The van der Waals surface area contributed by atoms with Crippen molar-refractivity contribution >= 4 is 22.4 Å². The highest BCUT2D eigenvalue weighted by Crippen LogP contribution is 2.27. The number of anilines is 1. The number of rotatable bonds is 6. The summed E-state index contributed by atoms with van der Waals surface area (Å²) in [4.78, 5) is 26.0. The van der Waals surface area contributed by atoms with Gasteiger partial charge in [0.15, 0.2) is 5.13 Å². The molecule has 1 aliphatic heterocycles. The Balaban J connectivity index is 1.60. The number of thiazole rings is 1. The zero-order valence-corrected chi connectivity index (χ0v) is 15.7. The lowest BCUT2D eigenvalue weighted by atomic mass is 9.93. The highest BCUT2D eigenvalue weighted by atomic mass is 32.1. The molecule has 2 aromatic heterocycles. The molecule has 1 fully saturated rings. The van der Waals surface area contributed by atoms with Crippen LogP contribution in [0.5, 0.6) is 5.88 Å². The van der Waals surface area contributed by atoms with Crippen LogP contribution in [0.25, 0.3) is 0 Å². The van der Waals surface area contributed by atoms with Gasteiger partial charge in [-0.2, -0.15) is 9.37 Å². The molecule has 1 aliphatic rings. The van der Waals surface area contributed by atoms with Crippen LogP contribution >= 0.6 is 11.3 Å². The Morgan fingerprint density at radius 2 is 2.35 bits per heavy atom. The second kappa shape index (κ2) is 8.50. The number of nitrogens with one attached hydrogen (secondary N) is 1. The van der Waals surface area contributed by atoms with Gasteiger partial charge < -0.3 is 10.1 Å². The van der Waals surface area contributed by atoms with Crippen LogP contribution in [-0.4, -0.2) is 46.0 Å². The molecule has 0 saturated carbocycles. The quantitative estimate of drug-likeness (QED) is 0.831. The summed E-state index contributed by atoms with van der Waals surface area (Å²) >= 11 is 1.19. The molecule has 0 radical (unpaired) electrons. The molecule has 0 unspecified atom stereocenters. The molecular formula is C17H22FN5O2S. The van der Waals surface area contributed by atoms with Crippen LogP contribution in [0.4, 0.5) is 9.52 Å². The number of amides is 1. The first-order valence-corrected chi connectivity index (χ1v) is 9.35. The number of ether oxygens (including phenoxy) is 1. The van der Waals surface area contributed by atoms with E-state index in [1.165, 1.54) is 24.6 Å². The van der Waals surface area contributed by atoms with Crippen LogP contribution in [0, 0.1) is 11.9 Å². The molecule has 1 atom stereocenters. The van der Waals surface area contributed by atoms with Crippen molar-refractivity contribution in [1.29, 1.82) is 0 Å². The number of hydrogen-bond donors (Lipinski definition) is 1. The molecule has 9 heteroatoms. The maximum absolute atomic E-state index is 14.0. The largest absolute Gasteiger partial charge is 0.481 e. The van der Waals surface area contributed by atoms with Gasteiger partial charge in [0.05, 0.1) is 12.0 Å². The van der Waals surface area contributed by atoms with E-state index in [0.717, 1.165) is 38.0 Å². The Hall–Kier alpha value is -2.13. The zero-order chi connectivity index (χ0) is 18.5. The van der Waals surface area contributed by atoms with Gasteiger partial charge in [-0.05, 0) is 31.7 Å². The van der Waals surface area contributed by atoms with Crippen molar-refractivity contribution in [3.63, 3.8) is 0 Å². The Labute approximate surface area is 155 Å². The molecule has 0 aliphatic carbocycles. The lowest BCUT2D eigenvalue weighted by Crippen LogP contribution is -2.35. The second-order valence-electron chi connectivity index (χ2n) is 6.41. The first kappa shape index (κ1) is 18.7. The van der Waals surface area contributed by atoms with Crippen LogP contribution in [0.1, 0.15) is 30.3 Å². The standard InChI is InChI=1S/C17H22FN5O2S/c1-11(24)21-17-22-16(18)14(26-17)9-23-5-3-4-12(8-23)6-13-7-15(25-2)20-10-19-13/h7,10,12H,3-6,8-9H2,1-2H3,(H,21,22,24)/t12-/m1/s1. The highest BCUT2D eigenvalue weighted by molar-refractivity contribution is 7.15. The molecule has 1 amide bonds. The third-order valence-corrected chi connectivity index (χ3v) is 5.24. The minimum atomic E-state index is -0.499. The van der Waals surface area contributed by atoms with Crippen LogP contribution in [0.3, 0.4) is 0 Å². The van der Waals surface area contributed by atoms with Crippen LogP contribution in [-0.2, 0) is 17.8 Å². The Bertz CT molecular complexity index is 769. The van der Waals surface area contributed by atoms with Gasteiger partial charge in [0, 0.05) is 31.8 Å². The van der Waals surface area contributed by atoms with Crippen LogP contribution in [0.2, 0.25) is 0 Å². The molecule has 2 aromatic rings. The van der Waals surface area contributed by atoms with Gasteiger partial charge in [-0.1, -0.05) is 11.3 Å². The number of likely N-dealkylation sites (tertiary alicyclic amines) is 1. The van der Waals surface area contributed by atoms with Crippen LogP contribution in [0.15, 0.2) is 12.4 Å². The van der Waals surface area contributed by atoms with Crippen molar-refractivity contribution in [2.75, 3.05) is 25.5 Å². The Morgan fingerprint density at radius 1 is 1.50 bits per heavy atom. The van der Waals surface area contributed by atoms with Gasteiger partial charge in [0.1, 0.15) is 6.33 Å². The maximum atomic E-state index is 14.0. The van der Waals surface area contributed by atoms with Crippen molar-refractivity contribution in [2.45, 2.75) is 32.7 Å². The summed E-state index contributed by atoms with van der Waals surface area (Å²) in [5.41, 5.74) is 0.959. The van der Waals surface area contributed by atoms with Crippen molar-refractivity contribution in [2.24, 2.45) is 5.92 Å². The SMILES string of the molecule is COc1cc(C[C@H]2CCCN(Cc3sc(NC(C)=O)nc3F)C2)ncn1. The summed E-state index contributed by atoms with van der Waals surface area (Å²) in [6, 6.07) is 1.86. The number of carbonyl (C=O) groups is 1. The number of nitrogens with zero attached hydrogens (tertiary/aromatic N) is 4. The number of methoxy groups -OCH3 is 1. The van der Waals surface area contributed by atoms with E-state index in [9.17, 15) is 9.18 Å². The minimum absolute atomic E-state index is 0.247. The molecule has 0 aromatic carbocycles. The summed E-state index contributed by atoms with van der Waals surface area (Å²) in [7, 11) is 1.59. The second-order valence-corrected chi connectivity index (χ2v) is 7.50. The molecule has 0 spiro atoms. The summed E-state index contributed by atoms with van der Waals surface area (Å²) in [5.74, 6) is 0.277. The number of hydrogen-bond acceptors (Lipinski definition) is 7. The lowest BCUT2D eigenvalue weighted by Gasteiger charge is -2.32. The number of halogens is 1. The third-order valence-electron chi connectivity index (χ3n) is 4.31. The minimum Gasteiger partial charge on any atom is -0.481 e. The Kier molecular flexibility index (Phi) is 6.10. The fourth-order valence-electron chi connectivity index (χ4n) is 3.20. The first-order chi connectivity index (χ1) is 12.5. The molecule has 3 heterocycles. The molecule has 26 heavy (non-hydrogen) atoms. The number of aromatic nitrogens is 3. The van der Waals surface area contributed by atoms with Gasteiger partial charge in [0.2, 0.25) is 17.7 Å². The molecule has 1 saturated heterocycles.